The van der Waals surface area contributed by atoms with Crippen molar-refractivity contribution in [1.82, 2.24) is 9.97 Å². The molecule has 50 heavy (non-hydrogen) atoms. The molecule has 2 heterocycles. The fraction of sp³-hybridized carbons (Fsp3) is 0.0417. The lowest BCUT2D eigenvalue weighted by Crippen LogP contribution is -2.22. The summed E-state index contributed by atoms with van der Waals surface area (Å²) in [6, 6.07) is 64.9. The van der Waals surface area contributed by atoms with Gasteiger partial charge >= 0.3 is 0 Å². The number of hydrogen-bond donors (Lipinski definition) is 0. The molecule has 8 aromatic rings. The monoisotopic (exact) mass is 638 g/mol. The summed E-state index contributed by atoms with van der Waals surface area (Å²) in [6.45, 7) is 2.37. The van der Waals surface area contributed by atoms with Gasteiger partial charge in [0.2, 0.25) is 0 Å². The minimum atomic E-state index is -0.296. The van der Waals surface area contributed by atoms with E-state index in [-0.39, 0.29) is 5.41 Å². The van der Waals surface area contributed by atoms with E-state index in [1.54, 1.807) is 0 Å². The summed E-state index contributed by atoms with van der Waals surface area (Å²) in [7, 11) is 0. The van der Waals surface area contributed by atoms with Crippen LogP contribution in [0.3, 0.4) is 0 Å². The molecular formula is C48H34N2. The van der Waals surface area contributed by atoms with E-state index in [2.05, 4.69) is 171 Å². The molecule has 0 radical (unpaired) electrons. The standard InChI is InChI=1S/C48H34N2/c1-48(38-22-9-4-10-23-38)41-25-12-11-24-40(41)46-42(48)28-27-39(47(46)43-26-13-14-29-49-43)36-21-15-20-35(30-36)37-31-44(33-16-5-2-6-17-33)50-45(32-37)34-18-7-3-8-19-34/h2-32H,1H3. The maximum atomic E-state index is 5.12. The number of aromatic nitrogens is 2. The third kappa shape index (κ3) is 4.96. The van der Waals surface area contributed by atoms with E-state index >= 15 is 0 Å². The molecule has 0 N–H and O–H groups in total. The average Bonchev–Trinajstić information content (AvgIpc) is 3.47. The molecule has 9 rings (SSSR count). The normalized spacial score (nSPS) is 14.6. The van der Waals surface area contributed by atoms with Gasteiger partial charge in [-0.15, -0.1) is 0 Å². The SMILES string of the molecule is CC1(c2ccccc2)c2ccccc2-c2c1ccc(-c1cccc(-c3cc(-c4ccccc4)nc(-c4ccccc4)c3)c1)c2-c1ccccn1. The highest BCUT2D eigenvalue weighted by Gasteiger charge is 2.42. The third-order valence-electron chi connectivity index (χ3n) is 10.2. The summed E-state index contributed by atoms with van der Waals surface area (Å²) in [4.78, 5) is 10.1. The summed E-state index contributed by atoms with van der Waals surface area (Å²) in [5.41, 5.74) is 17.0. The highest BCUT2D eigenvalue weighted by molar-refractivity contribution is 6.00. The van der Waals surface area contributed by atoms with Gasteiger partial charge in [0.1, 0.15) is 0 Å². The molecule has 0 fully saturated rings. The van der Waals surface area contributed by atoms with Gasteiger partial charge in [0.25, 0.3) is 0 Å². The van der Waals surface area contributed by atoms with Crippen LogP contribution in [-0.2, 0) is 5.41 Å². The highest BCUT2D eigenvalue weighted by Crippen LogP contribution is 2.56. The largest absolute Gasteiger partial charge is 0.256 e. The van der Waals surface area contributed by atoms with Crippen molar-refractivity contribution >= 4 is 0 Å². The van der Waals surface area contributed by atoms with Crippen LogP contribution in [0.4, 0.5) is 0 Å². The summed E-state index contributed by atoms with van der Waals surface area (Å²) in [6.07, 6.45) is 1.90. The van der Waals surface area contributed by atoms with Crippen LogP contribution in [0.25, 0.3) is 67.2 Å². The molecular weight excluding hydrogens is 605 g/mol. The van der Waals surface area contributed by atoms with Gasteiger partial charge in [0, 0.05) is 28.3 Å². The first-order chi connectivity index (χ1) is 24.7. The van der Waals surface area contributed by atoms with Gasteiger partial charge < -0.3 is 0 Å². The quantitative estimate of drug-likeness (QED) is 0.181. The second-order valence-corrected chi connectivity index (χ2v) is 13.1. The van der Waals surface area contributed by atoms with Gasteiger partial charge in [-0.3, -0.25) is 4.98 Å². The van der Waals surface area contributed by atoms with Crippen molar-refractivity contribution in [2.24, 2.45) is 0 Å². The lowest BCUT2D eigenvalue weighted by molar-refractivity contribution is 0.714. The molecule has 2 nitrogen and oxygen atoms in total. The Morgan fingerprint density at radius 1 is 0.380 bits per heavy atom. The zero-order valence-corrected chi connectivity index (χ0v) is 27.8. The van der Waals surface area contributed by atoms with Crippen LogP contribution in [0.15, 0.2) is 188 Å². The first kappa shape index (κ1) is 29.7. The lowest BCUT2D eigenvalue weighted by atomic mass is 9.74. The van der Waals surface area contributed by atoms with E-state index in [0.29, 0.717) is 0 Å². The Morgan fingerprint density at radius 2 is 0.980 bits per heavy atom. The van der Waals surface area contributed by atoms with Crippen molar-refractivity contribution < 1.29 is 0 Å². The maximum Gasteiger partial charge on any atom is 0.0715 e. The number of hydrogen-bond acceptors (Lipinski definition) is 2. The van der Waals surface area contributed by atoms with Crippen molar-refractivity contribution in [2.45, 2.75) is 12.3 Å². The second-order valence-electron chi connectivity index (χ2n) is 13.1. The first-order valence-corrected chi connectivity index (χ1v) is 17.2. The minimum Gasteiger partial charge on any atom is -0.256 e. The van der Waals surface area contributed by atoms with Gasteiger partial charge in [0.15, 0.2) is 0 Å². The molecule has 6 aromatic carbocycles. The zero-order chi connectivity index (χ0) is 33.5. The number of benzene rings is 6. The Labute approximate surface area is 293 Å². The third-order valence-corrected chi connectivity index (χ3v) is 10.2. The van der Waals surface area contributed by atoms with E-state index in [0.717, 1.165) is 56.0 Å². The molecule has 0 bridgehead atoms. The van der Waals surface area contributed by atoms with Gasteiger partial charge in [-0.1, -0.05) is 152 Å². The van der Waals surface area contributed by atoms with E-state index < -0.39 is 0 Å². The van der Waals surface area contributed by atoms with E-state index in [1.807, 2.05) is 24.4 Å². The van der Waals surface area contributed by atoms with Gasteiger partial charge in [-0.2, -0.15) is 0 Å². The molecule has 236 valence electrons. The van der Waals surface area contributed by atoms with Crippen molar-refractivity contribution in [3.05, 3.63) is 205 Å². The molecule has 1 aliphatic rings. The van der Waals surface area contributed by atoms with Crippen LogP contribution in [-0.4, -0.2) is 9.97 Å². The van der Waals surface area contributed by atoms with Crippen LogP contribution in [0.2, 0.25) is 0 Å². The van der Waals surface area contributed by atoms with Crippen LogP contribution in [0.1, 0.15) is 23.6 Å². The van der Waals surface area contributed by atoms with Crippen LogP contribution in [0.5, 0.6) is 0 Å². The zero-order valence-electron chi connectivity index (χ0n) is 27.8. The van der Waals surface area contributed by atoms with Crippen molar-refractivity contribution in [3.63, 3.8) is 0 Å². The number of nitrogens with zero attached hydrogens (tertiary/aromatic N) is 2. The fourth-order valence-corrected chi connectivity index (χ4v) is 7.76. The first-order valence-electron chi connectivity index (χ1n) is 17.2. The molecule has 0 spiro atoms. The summed E-state index contributed by atoms with van der Waals surface area (Å²) < 4.78 is 0. The van der Waals surface area contributed by atoms with E-state index in [4.69, 9.17) is 9.97 Å². The minimum absolute atomic E-state index is 0.296. The summed E-state index contributed by atoms with van der Waals surface area (Å²) in [5.74, 6) is 0. The summed E-state index contributed by atoms with van der Waals surface area (Å²) in [5, 5.41) is 0. The second kappa shape index (κ2) is 12.3. The Morgan fingerprint density at radius 3 is 1.66 bits per heavy atom. The maximum absolute atomic E-state index is 5.12. The van der Waals surface area contributed by atoms with Gasteiger partial charge in [-0.25, -0.2) is 4.98 Å². The van der Waals surface area contributed by atoms with Crippen molar-refractivity contribution in [3.8, 4) is 67.2 Å². The predicted molar refractivity (Wildman–Crippen MR) is 207 cm³/mol. The Bertz CT molecular complexity index is 2410. The molecule has 0 saturated heterocycles. The predicted octanol–water partition coefficient (Wildman–Crippen LogP) is 12.1. The smallest absolute Gasteiger partial charge is 0.0715 e. The molecule has 1 atom stereocenters. The van der Waals surface area contributed by atoms with Crippen LogP contribution in [0, 0.1) is 0 Å². The molecule has 1 aliphatic carbocycles. The lowest BCUT2D eigenvalue weighted by Gasteiger charge is -2.28. The number of pyridine rings is 2. The topological polar surface area (TPSA) is 25.8 Å². The van der Waals surface area contributed by atoms with Gasteiger partial charge in [0.05, 0.1) is 17.1 Å². The Kier molecular flexibility index (Phi) is 7.29. The fourth-order valence-electron chi connectivity index (χ4n) is 7.76. The Balaban J connectivity index is 1.26. The molecule has 0 aliphatic heterocycles. The highest BCUT2D eigenvalue weighted by atomic mass is 14.7. The molecule has 0 saturated carbocycles. The molecule has 2 heteroatoms. The van der Waals surface area contributed by atoms with E-state index in [9.17, 15) is 0 Å². The van der Waals surface area contributed by atoms with Crippen molar-refractivity contribution in [2.75, 3.05) is 0 Å². The molecule has 2 aromatic heterocycles. The molecule has 1 unspecified atom stereocenters. The average molecular weight is 639 g/mol. The summed E-state index contributed by atoms with van der Waals surface area (Å²) >= 11 is 0. The molecule has 0 amide bonds. The van der Waals surface area contributed by atoms with Crippen molar-refractivity contribution in [1.29, 1.82) is 0 Å². The van der Waals surface area contributed by atoms with E-state index in [1.165, 1.54) is 27.8 Å². The van der Waals surface area contributed by atoms with Gasteiger partial charge in [-0.05, 0) is 87.3 Å². The number of fused-ring (bicyclic) bond motifs is 3. The number of rotatable bonds is 6. The van der Waals surface area contributed by atoms with Crippen LogP contribution >= 0.6 is 0 Å². The van der Waals surface area contributed by atoms with Crippen LogP contribution < -0.4 is 0 Å². The Hall–Kier alpha value is -6.38.